The van der Waals surface area contributed by atoms with Crippen LogP contribution in [-0.4, -0.2) is 68.6 Å². The molecule has 0 aliphatic carbocycles. The van der Waals surface area contributed by atoms with Gasteiger partial charge < -0.3 is 20.1 Å². The first-order valence-electron chi connectivity index (χ1n) is 9.76. The van der Waals surface area contributed by atoms with Crippen LogP contribution in [0.5, 0.6) is 6.01 Å². The van der Waals surface area contributed by atoms with E-state index in [0.29, 0.717) is 17.7 Å². The molecule has 1 aliphatic rings. The van der Waals surface area contributed by atoms with Crippen molar-refractivity contribution in [2.24, 2.45) is 7.05 Å². The van der Waals surface area contributed by atoms with Gasteiger partial charge in [-0.1, -0.05) is 5.92 Å². The molecule has 2 N–H and O–H groups in total. The number of ether oxygens (including phenoxy) is 1. The van der Waals surface area contributed by atoms with Gasteiger partial charge in [-0.15, -0.1) is 5.92 Å². The van der Waals surface area contributed by atoms with Gasteiger partial charge in [0.05, 0.1) is 12.6 Å². The van der Waals surface area contributed by atoms with E-state index in [1.807, 2.05) is 18.4 Å². The number of nitrogens with one attached hydrogen (secondary N) is 1. The maximum absolute atomic E-state index is 12.9. The summed E-state index contributed by atoms with van der Waals surface area (Å²) in [4.78, 5) is 33.1. The lowest BCUT2D eigenvalue weighted by atomic mass is 10.4. The van der Waals surface area contributed by atoms with Crippen molar-refractivity contribution in [3.05, 3.63) is 10.4 Å². The Hall–Kier alpha value is -3.27. The van der Waals surface area contributed by atoms with Crippen molar-refractivity contribution in [2.45, 2.75) is 39.6 Å². The minimum absolute atomic E-state index is 0.0729. The summed E-state index contributed by atoms with van der Waals surface area (Å²) in [6.45, 7) is 9.43. The molecular weight excluding hydrogens is 433 g/mol. The highest BCUT2D eigenvalue weighted by molar-refractivity contribution is 5.75. The number of halogens is 3. The van der Waals surface area contributed by atoms with Crippen molar-refractivity contribution >= 4 is 23.1 Å². The maximum atomic E-state index is 12.9. The molecule has 1 fully saturated rings. The van der Waals surface area contributed by atoms with E-state index < -0.39 is 12.1 Å². The fraction of sp³-hybridized carbons (Fsp3) is 0.579. The number of anilines is 1. The van der Waals surface area contributed by atoms with Crippen LogP contribution in [0.4, 0.5) is 19.1 Å². The van der Waals surface area contributed by atoms with E-state index >= 15 is 0 Å². The molecular formula is C19H25F3N6O4. The van der Waals surface area contributed by atoms with Crippen LogP contribution in [0.2, 0.25) is 0 Å². The lowest BCUT2D eigenvalue weighted by Gasteiger charge is -2.28. The van der Waals surface area contributed by atoms with Gasteiger partial charge in [0, 0.05) is 33.2 Å². The summed E-state index contributed by atoms with van der Waals surface area (Å²) < 4.78 is 40.7. The second-order valence-corrected chi connectivity index (χ2v) is 7.06. The van der Waals surface area contributed by atoms with Crippen LogP contribution in [-0.2, 0) is 18.4 Å². The monoisotopic (exact) mass is 458 g/mol. The van der Waals surface area contributed by atoms with Crippen molar-refractivity contribution < 1.29 is 27.8 Å². The quantitative estimate of drug-likeness (QED) is 0.652. The van der Waals surface area contributed by atoms with Gasteiger partial charge in [0.1, 0.15) is 0 Å². The zero-order chi connectivity index (χ0) is 24.1. The molecule has 10 nitrogen and oxygen atoms in total. The molecule has 1 saturated heterocycles. The van der Waals surface area contributed by atoms with Gasteiger partial charge in [0.15, 0.2) is 11.2 Å². The topological polar surface area (TPSA) is 115 Å². The fourth-order valence-corrected chi connectivity index (χ4v) is 2.86. The molecule has 1 aliphatic heterocycles. The molecule has 0 atom stereocenters. The molecule has 2 aromatic rings. The SMILES string of the molecule is CC#CCn1c(N2CCNCC2)nc2nc(OC(C)C)n(C)c(=O)c21.O=C(O)C(F)(F)F. The van der Waals surface area contributed by atoms with Gasteiger partial charge in [-0.3, -0.25) is 13.9 Å². The zero-order valence-electron chi connectivity index (χ0n) is 18.2. The van der Waals surface area contributed by atoms with Crippen molar-refractivity contribution in [3.63, 3.8) is 0 Å². The van der Waals surface area contributed by atoms with Gasteiger partial charge in [-0.05, 0) is 20.8 Å². The fourth-order valence-electron chi connectivity index (χ4n) is 2.86. The first kappa shape index (κ1) is 25.0. The number of rotatable bonds is 4. The number of carbonyl (C=O) groups is 1. The third-order valence-electron chi connectivity index (χ3n) is 4.32. The standard InChI is InChI=1S/C17H24N6O2.C2HF3O2/c1-5-6-9-23-13-14(19-16(23)22-10-7-18-8-11-22)20-17(25-12(2)3)21(4)15(13)24;3-2(4,5)1(6)7/h12,18H,7-11H2,1-4H3;(H,6,7). The number of carboxylic acid groups (broad SMARTS) is 1. The first-order valence-corrected chi connectivity index (χ1v) is 9.76. The Morgan fingerprint density at radius 2 is 1.88 bits per heavy atom. The van der Waals surface area contributed by atoms with E-state index in [1.165, 1.54) is 4.57 Å². The van der Waals surface area contributed by atoms with E-state index in [9.17, 15) is 18.0 Å². The van der Waals surface area contributed by atoms with E-state index in [1.54, 1.807) is 14.0 Å². The third kappa shape index (κ3) is 5.91. The zero-order valence-corrected chi connectivity index (χ0v) is 18.2. The number of aliphatic carboxylic acids is 1. The normalized spacial score (nSPS) is 13.9. The lowest BCUT2D eigenvalue weighted by Crippen LogP contribution is -2.44. The molecule has 32 heavy (non-hydrogen) atoms. The first-order chi connectivity index (χ1) is 15.0. The second kappa shape index (κ2) is 10.4. The van der Waals surface area contributed by atoms with Crippen LogP contribution >= 0.6 is 0 Å². The molecule has 3 rings (SSSR count). The maximum Gasteiger partial charge on any atom is 0.490 e. The van der Waals surface area contributed by atoms with Crippen LogP contribution < -0.4 is 20.5 Å². The van der Waals surface area contributed by atoms with Crippen LogP contribution in [0.1, 0.15) is 20.8 Å². The van der Waals surface area contributed by atoms with Crippen molar-refractivity contribution in [2.75, 3.05) is 31.1 Å². The minimum Gasteiger partial charge on any atom is -0.475 e. The van der Waals surface area contributed by atoms with E-state index in [-0.39, 0.29) is 17.7 Å². The van der Waals surface area contributed by atoms with Gasteiger partial charge in [-0.25, -0.2) is 4.79 Å². The Labute approximate surface area is 182 Å². The van der Waals surface area contributed by atoms with E-state index in [4.69, 9.17) is 14.6 Å². The summed E-state index contributed by atoms with van der Waals surface area (Å²) in [6, 6.07) is 0.283. The summed E-state index contributed by atoms with van der Waals surface area (Å²) >= 11 is 0. The molecule has 0 aromatic carbocycles. The molecule has 0 spiro atoms. The highest BCUT2D eigenvalue weighted by Crippen LogP contribution is 2.21. The summed E-state index contributed by atoms with van der Waals surface area (Å²) in [6.07, 6.45) is -5.16. The summed E-state index contributed by atoms with van der Waals surface area (Å²) in [5.41, 5.74) is 0.701. The smallest absolute Gasteiger partial charge is 0.475 e. The van der Waals surface area contributed by atoms with Crippen molar-refractivity contribution in [1.29, 1.82) is 0 Å². The molecule has 13 heteroatoms. The Bertz CT molecular complexity index is 1080. The Kier molecular flexibility index (Phi) is 8.09. The summed E-state index contributed by atoms with van der Waals surface area (Å²) in [7, 11) is 1.67. The average molecular weight is 458 g/mol. The number of carboxylic acids is 1. The molecule has 0 bridgehead atoms. The number of imidazole rings is 1. The van der Waals surface area contributed by atoms with E-state index in [0.717, 1.165) is 32.1 Å². The lowest BCUT2D eigenvalue weighted by molar-refractivity contribution is -0.192. The van der Waals surface area contributed by atoms with Crippen LogP contribution in [0.3, 0.4) is 0 Å². The molecule has 0 saturated carbocycles. The highest BCUT2D eigenvalue weighted by Gasteiger charge is 2.38. The van der Waals surface area contributed by atoms with Crippen molar-refractivity contribution in [3.8, 4) is 17.9 Å². The number of aromatic nitrogens is 4. The molecule has 0 amide bonds. The van der Waals surface area contributed by atoms with Crippen LogP contribution in [0, 0.1) is 11.8 Å². The summed E-state index contributed by atoms with van der Waals surface area (Å²) in [5, 5.41) is 10.4. The number of piperazine rings is 1. The number of fused-ring (bicyclic) bond motifs is 1. The van der Waals surface area contributed by atoms with Crippen LogP contribution in [0.15, 0.2) is 4.79 Å². The molecule has 0 unspecified atom stereocenters. The predicted octanol–water partition coefficient (Wildman–Crippen LogP) is 0.983. The van der Waals surface area contributed by atoms with E-state index in [2.05, 4.69) is 32.0 Å². The average Bonchev–Trinajstić information content (AvgIpc) is 3.08. The van der Waals surface area contributed by atoms with Crippen molar-refractivity contribution in [1.82, 2.24) is 24.4 Å². The molecule has 2 aromatic heterocycles. The molecule has 0 radical (unpaired) electrons. The largest absolute Gasteiger partial charge is 0.490 e. The van der Waals surface area contributed by atoms with Crippen LogP contribution in [0.25, 0.3) is 11.2 Å². The summed E-state index contributed by atoms with van der Waals surface area (Å²) in [5.74, 6) is 3.91. The Balaban J connectivity index is 0.000000451. The predicted molar refractivity (Wildman–Crippen MR) is 111 cm³/mol. The second-order valence-electron chi connectivity index (χ2n) is 7.06. The molecule has 3 heterocycles. The Morgan fingerprint density at radius 3 is 2.38 bits per heavy atom. The number of alkyl halides is 3. The van der Waals surface area contributed by atoms with Gasteiger partial charge in [-0.2, -0.15) is 23.1 Å². The molecule has 176 valence electrons. The van der Waals surface area contributed by atoms with Gasteiger partial charge >= 0.3 is 18.2 Å². The number of hydrogen-bond acceptors (Lipinski definition) is 7. The Morgan fingerprint density at radius 1 is 1.28 bits per heavy atom. The highest BCUT2D eigenvalue weighted by atomic mass is 19.4. The van der Waals surface area contributed by atoms with Gasteiger partial charge in [0.25, 0.3) is 5.56 Å². The third-order valence-corrected chi connectivity index (χ3v) is 4.32. The van der Waals surface area contributed by atoms with Gasteiger partial charge in [0.2, 0.25) is 5.95 Å². The number of nitrogens with zero attached hydrogens (tertiary/aromatic N) is 5. The minimum atomic E-state index is -5.08. The number of hydrogen-bond donors (Lipinski definition) is 2.